The lowest BCUT2D eigenvalue weighted by molar-refractivity contribution is -0.120. The maximum Gasteiger partial charge on any atom is 0.336 e. The number of hydrogen-bond donors (Lipinski definition) is 1. The fourth-order valence-electron chi connectivity index (χ4n) is 5.51. The Morgan fingerprint density at radius 2 is 0.891 bits per heavy atom. The number of rotatable bonds is 15. The molecule has 0 aliphatic carbocycles. The average molecular weight is 727 g/mol. The second-order valence-corrected chi connectivity index (χ2v) is 12.0. The molecule has 0 fully saturated rings. The first kappa shape index (κ1) is 36.9. The van der Waals surface area contributed by atoms with Crippen molar-refractivity contribution in [3.63, 3.8) is 0 Å². The van der Waals surface area contributed by atoms with Crippen LogP contribution in [0.5, 0.6) is 40.2 Å². The van der Waals surface area contributed by atoms with Gasteiger partial charge in [0.1, 0.15) is 40.2 Å². The number of carboxylic acids is 1. The molecule has 9 heteroatoms. The molecule has 0 spiro atoms. The van der Waals surface area contributed by atoms with Crippen LogP contribution in [0.25, 0.3) is 0 Å². The van der Waals surface area contributed by atoms with E-state index in [0.717, 1.165) is 5.56 Å². The van der Waals surface area contributed by atoms with Gasteiger partial charge in [0.25, 0.3) is 6.47 Å². The first-order chi connectivity index (χ1) is 26.7. The van der Waals surface area contributed by atoms with E-state index < -0.39 is 5.97 Å². The molecule has 0 saturated heterocycles. The molecule has 0 amide bonds. The highest BCUT2D eigenvalue weighted by atomic mass is 16.5. The first-order valence-electron chi connectivity index (χ1n) is 16.7. The lowest BCUT2D eigenvalue weighted by atomic mass is 9.97. The van der Waals surface area contributed by atoms with Crippen LogP contribution < -0.4 is 18.9 Å². The van der Waals surface area contributed by atoms with Gasteiger partial charge in [-0.25, -0.2) is 4.79 Å². The Kier molecular flexibility index (Phi) is 11.5. The van der Waals surface area contributed by atoms with Gasteiger partial charge in [0.05, 0.1) is 11.1 Å². The third-order valence-electron chi connectivity index (χ3n) is 8.27. The van der Waals surface area contributed by atoms with E-state index in [1.165, 1.54) is 30.3 Å². The summed E-state index contributed by atoms with van der Waals surface area (Å²) in [4.78, 5) is 49.3. The van der Waals surface area contributed by atoms with Crippen molar-refractivity contribution in [1.82, 2.24) is 0 Å². The van der Waals surface area contributed by atoms with E-state index in [9.17, 15) is 24.3 Å². The van der Waals surface area contributed by atoms with Gasteiger partial charge >= 0.3 is 5.97 Å². The van der Waals surface area contributed by atoms with Crippen LogP contribution in [0.4, 0.5) is 0 Å². The molecule has 0 aromatic heterocycles. The molecule has 6 rings (SSSR count). The zero-order valence-electron chi connectivity index (χ0n) is 29.1. The van der Waals surface area contributed by atoms with Gasteiger partial charge in [0.15, 0.2) is 11.6 Å². The molecule has 0 bridgehead atoms. The lowest BCUT2D eigenvalue weighted by Gasteiger charge is -2.12. The van der Waals surface area contributed by atoms with Gasteiger partial charge in [-0.05, 0) is 120 Å². The average Bonchev–Trinajstić information content (AvgIpc) is 3.20. The van der Waals surface area contributed by atoms with Gasteiger partial charge in [-0.1, -0.05) is 36.1 Å². The van der Waals surface area contributed by atoms with Crippen molar-refractivity contribution >= 4 is 24.0 Å². The van der Waals surface area contributed by atoms with E-state index >= 15 is 0 Å². The van der Waals surface area contributed by atoms with Crippen LogP contribution in [0.15, 0.2) is 133 Å². The van der Waals surface area contributed by atoms with E-state index in [-0.39, 0.29) is 59.1 Å². The molecule has 0 aliphatic rings. The SMILES string of the molecule is C#Cc1ccc(CC(=O)c2cc(Oc3ccc(Oc4ccc(Oc5ccc(C(=O)O)c(C(=O)Cc6ccc(C#C)cc6)c5)cc4)cc3)ccc2OC=O)cc1. The van der Waals surface area contributed by atoms with Crippen molar-refractivity contribution in [1.29, 1.82) is 0 Å². The summed E-state index contributed by atoms with van der Waals surface area (Å²) in [5.41, 5.74) is 2.91. The lowest BCUT2D eigenvalue weighted by Crippen LogP contribution is -2.11. The highest BCUT2D eigenvalue weighted by Gasteiger charge is 2.19. The third kappa shape index (κ3) is 9.52. The van der Waals surface area contributed by atoms with Crippen LogP contribution in [-0.4, -0.2) is 29.1 Å². The van der Waals surface area contributed by atoms with Gasteiger partial charge < -0.3 is 24.1 Å². The maximum absolute atomic E-state index is 13.2. The Labute approximate surface area is 316 Å². The molecular weight excluding hydrogens is 696 g/mol. The Hall–Kier alpha value is -7.88. The van der Waals surface area contributed by atoms with Crippen LogP contribution in [0.2, 0.25) is 0 Å². The minimum atomic E-state index is -1.22. The Bertz CT molecular complexity index is 2450. The van der Waals surface area contributed by atoms with E-state index in [2.05, 4.69) is 11.8 Å². The zero-order valence-corrected chi connectivity index (χ0v) is 29.1. The standard InChI is InChI=1S/C46H30O9/c1-3-30-5-9-32(10-6-30)25-43(48)41-27-38(21-23-40(41)46(50)51)54-36-17-13-34(14-18-36)53-35-15-19-37(20-16-35)55-39-22-24-45(52-29-47)42(28-39)44(49)26-33-11-7-31(4-2)8-12-33/h1-2,5-24,27-29H,25-26H2,(H,50,51). The van der Waals surface area contributed by atoms with E-state index in [0.29, 0.717) is 45.4 Å². The minimum absolute atomic E-state index is 0.00848. The first-order valence-corrected chi connectivity index (χ1v) is 16.7. The summed E-state index contributed by atoms with van der Waals surface area (Å²) in [6, 6.07) is 36.4. The number of benzene rings is 6. The Balaban J connectivity index is 1.08. The molecule has 6 aromatic carbocycles. The van der Waals surface area contributed by atoms with Crippen molar-refractivity contribution in [3.8, 4) is 64.9 Å². The number of ether oxygens (including phenoxy) is 4. The summed E-state index contributed by atoms with van der Waals surface area (Å²) in [6.45, 7) is 0.263. The van der Waals surface area contributed by atoms with Crippen LogP contribution in [0.3, 0.4) is 0 Å². The quantitative estimate of drug-likeness (QED) is 0.0627. The van der Waals surface area contributed by atoms with Gasteiger partial charge in [0, 0.05) is 29.5 Å². The number of hydrogen-bond acceptors (Lipinski definition) is 8. The second-order valence-electron chi connectivity index (χ2n) is 12.0. The summed E-state index contributed by atoms with van der Waals surface area (Å²) in [5, 5.41) is 9.70. The normalized spacial score (nSPS) is 10.3. The predicted octanol–water partition coefficient (Wildman–Crippen LogP) is 9.11. The molecule has 55 heavy (non-hydrogen) atoms. The van der Waals surface area contributed by atoms with Crippen molar-refractivity contribution < 1.29 is 43.2 Å². The fourth-order valence-corrected chi connectivity index (χ4v) is 5.51. The largest absolute Gasteiger partial charge is 0.478 e. The van der Waals surface area contributed by atoms with Crippen molar-refractivity contribution in [2.24, 2.45) is 0 Å². The molecule has 0 unspecified atom stereocenters. The second kappa shape index (κ2) is 17.1. The molecule has 9 nitrogen and oxygen atoms in total. The predicted molar refractivity (Wildman–Crippen MR) is 204 cm³/mol. The molecule has 0 atom stereocenters. The molecule has 0 radical (unpaired) electrons. The molecule has 1 N–H and O–H groups in total. The molecule has 0 heterocycles. The number of aromatic carboxylic acids is 1. The summed E-state index contributed by atoms with van der Waals surface area (Å²) in [6.07, 6.45) is 10.9. The van der Waals surface area contributed by atoms with E-state index in [1.54, 1.807) is 103 Å². The van der Waals surface area contributed by atoms with Crippen molar-refractivity contribution in [2.45, 2.75) is 12.8 Å². The Morgan fingerprint density at radius 3 is 1.31 bits per heavy atom. The zero-order chi connectivity index (χ0) is 38.7. The summed E-state index contributed by atoms with van der Waals surface area (Å²) >= 11 is 0. The van der Waals surface area contributed by atoms with Gasteiger partial charge in [0.2, 0.25) is 0 Å². The minimum Gasteiger partial charge on any atom is -0.478 e. The van der Waals surface area contributed by atoms with Crippen LogP contribution >= 0.6 is 0 Å². The van der Waals surface area contributed by atoms with Crippen molar-refractivity contribution in [2.75, 3.05) is 0 Å². The molecular formula is C46H30O9. The van der Waals surface area contributed by atoms with E-state index in [1.807, 2.05) is 0 Å². The summed E-state index contributed by atoms with van der Waals surface area (Å²) in [5.74, 6) is 5.88. The van der Waals surface area contributed by atoms with E-state index in [4.69, 9.17) is 31.8 Å². The number of terminal acetylenes is 2. The van der Waals surface area contributed by atoms with Crippen LogP contribution in [-0.2, 0) is 17.6 Å². The van der Waals surface area contributed by atoms with Gasteiger partial charge in [-0.2, -0.15) is 0 Å². The molecule has 0 aliphatic heterocycles. The number of carbonyl (C=O) groups excluding carboxylic acids is 3. The molecule has 0 saturated carbocycles. The summed E-state index contributed by atoms with van der Waals surface area (Å²) in [7, 11) is 0. The number of carboxylic acid groups (broad SMARTS) is 1. The topological polar surface area (TPSA) is 125 Å². The van der Waals surface area contributed by atoms with Gasteiger partial charge in [-0.3, -0.25) is 14.4 Å². The van der Waals surface area contributed by atoms with Crippen LogP contribution in [0.1, 0.15) is 53.3 Å². The Morgan fingerprint density at radius 1 is 0.509 bits per heavy atom. The smallest absolute Gasteiger partial charge is 0.336 e. The summed E-state index contributed by atoms with van der Waals surface area (Å²) < 4.78 is 23.0. The maximum atomic E-state index is 13.2. The number of Topliss-reactive ketones (excluding diaryl/α,β-unsaturated/α-hetero) is 2. The van der Waals surface area contributed by atoms with Crippen molar-refractivity contribution in [3.05, 3.63) is 172 Å². The monoisotopic (exact) mass is 726 g/mol. The van der Waals surface area contributed by atoms with Crippen LogP contribution in [0, 0.1) is 24.7 Å². The number of carbonyl (C=O) groups is 4. The van der Waals surface area contributed by atoms with Gasteiger partial charge in [-0.15, -0.1) is 12.8 Å². The highest BCUT2D eigenvalue weighted by molar-refractivity contribution is 6.07. The fraction of sp³-hybridized carbons (Fsp3) is 0.0435. The molecule has 6 aromatic rings. The third-order valence-corrected chi connectivity index (χ3v) is 8.27. The molecule has 268 valence electrons. The number of ketones is 2. The highest BCUT2D eigenvalue weighted by Crippen LogP contribution is 2.32.